The highest BCUT2D eigenvalue weighted by Gasteiger charge is 2.08. The average molecular weight is 306 g/mol. The van der Waals surface area contributed by atoms with Crippen LogP contribution in [0, 0.1) is 0 Å². The highest BCUT2D eigenvalue weighted by molar-refractivity contribution is 6.30. The molecule has 0 atom stereocenters. The first-order valence-electron chi connectivity index (χ1n) is 6.76. The van der Waals surface area contributed by atoms with Crippen molar-refractivity contribution in [1.82, 2.24) is 4.90 Å². The second-order valence-electron chi connectivity index (χ2n) is 4.98. The van der Waals surface area contributed by atoms with Gasteiger partial charge in [0, 0.05) is 23.7 Å². The standard InChI is InChI=1S/C17H20ClNO2/c1-19(11-13-5-4-6-16(9-13)20-2)12-14-10-15(18)7-8-17(14)21-3/h4-10H,11-12H2,1-3H3. The number of rotatable bonds is 6. The van der Waals surface area contributed by atoms with Crippen LogP contribution in [-0.2, 0) is 13.1 Å². The van der Waals surface area contributed by atoms with Crippen molar-refractivity contribution >= 4 is 11.6 Å². The minimum atomic E-state index is 0.723. The molecule has 0 fully saturated rings. The molecule has 0 radical (unpaired) electrons. The summed E-state index contributed by atoms with van der Waals surface area (Å²) in [6, 6.07) is 13.8. The molecule has 0 N–H and O–H groups in total. The molecule has 0 heterocycles. The largest absolute Gasteiger partial charge is 0.497 e. The van der Waals surface area contributed by atoms with E-state index in [1.807, 2.05) is 36.4 Å². The molecule has 0 aliphatic rings. The predicted molar refractivity (Wildman–Crippen MR) is 86.2 cm³/mol. The Morgan fingerprint density at radius 1 is 1.00 bits per heavy atom. The van der Waals surface area contributed by atoms with Gasteiger partial charge in [-0.05, 0) is 42.9 Å². The molecule has 2 aromatic rings. The molecule has 0 aliphatic heterocycles. The van der Waals surface area contributed by atoms with E-state index in [-0.39, 0.29) is 0 Å². The van der Waals surface area contributed by atoms with Crippen LogP contribution in [0.15, 0.2) is 42.5 Å². The molecular weight excluding hydrogens is 286 g/mol. The lowest BCUT2D eigenvalue weighted by Crippen LogP contribution is -2.17. The number of benzene rings is 2. The molecule has 2 aromatic carbocycles. The third-order valence-corrected chi connectivity index (χ3v) is 3.50. The van der Waals surface area contributed by atoms with Crippen molar-refractivity contribution in [3.63, 3.8) is 0 Å². The third kappa shape index (κ3) is 4.38. The minimum Gasteiger partial charge on any atom is -0.497 e. The normalized spacial score (nSPS) is 10.7. The fourth-order valence-electron chi connectivity index (χ4n) is 2.30. The molecule has 4 heteroatoms. The second-order valence-corrected chi connectivity index (χ2v) is 5.42. The van der Waals surface area contributed by atoms with Crippen molar-refractivity contribution in [2.75, 3.05) is 21.3 Å². The molecule has 112 valence electrons. The zero-order valence-electron chi connectivity index (χ0n) is 12.6. The van der Waals surface area contributed by atoms with Gasteiger partial charge in [0.1, 0.15) is 11.5 Å². The molecule has 0 bridgehead atoms. The van der Waals surface area contributed by atoms with Crippen molar-refractivity contribution in [1.29, 1.82) is 0 Å². The third-order valence-electron chi connectivity index (χ3n) is 3.27. The Bertz CT molecular complexity index is 601. The Balaban J connectivity index is 2.07. The minimum absolute atomic E-state index is 0.723. The van der Waals surface area contributed by atoms with E-state index < -0.39 is 0 Å². The van der Waals surface area contributed by atoms with E-state index in [4.69, 9.17) is 21.1 Å². The zero-order valence-corrected chi connectivity index (χ0v) is 13.4. The Morgan fingerprint density at radius 2 is 1.81 bits per heavy atom. The Kier molecular flexibility index (Phi) is 5.48. The van der Waals surface area contributed by atoms with Gasteiger partial charge in [0.25, 0.3) is 0 Å². The van der Waals surface area contributed by atoms with Gasteiger partial charge in [-0.25, -0.2) is 0 Å². The van der Waals surface area contributed by atoms with Crippen LogP contribution in [0.1, 0.15) is 11.1 Å². The number of nitrogens with zero attached hydrogens (tertiary/aromatic N) is 1. The van der Waals surface area contributed by atoms with E-state index in [0.29, 0.717) is 0 Å². The van der Waals surface area contributed by atoms with E-state index in [9.17, 15) is 0 Å². The molecular formula is C17H20ClNO2. The van der Waals surface area contributed by atoms with Crippen LogP contribution in [0.5, 0.6) is 11.5 Å². The van der Waals surface area contributed by atoms with Gasteiger partial charge in [-0.2, -0.15) is 0 Å². The zero-order chi connectivity index (χ0) is 15.2. The van der Waals surface area contributed by atoms with E-state index in [1.54, 1.807) is 14.2 Å². The van der Waals surface area contributed by atoms with Crippen LogP contribution in [0.3, 0.4) is 0 Å². The Morgan fingerprint density at radius 3 is 2.52 bits per heavy atom. The summed E-state index contributed by atoms with van der Waals surface area (Å²) >= 11 is 6.07. The average Bonchev–Trinajstić information content (AvgIpc) is 2.47. The van der Waals surface area contributed by atoms with Gasteiger partial charge >= 0.3 is 0 Å². The van der Waals surface area contributed by atoms with Gasteiger partial charge in [0.05, 0.1) is 14.2 Å². The van der Waals surface area contributed by atoms with Gasteiger partial charge in [-0.15, -0.1) is 0 Å². The highest BCUT2D eigenvalue weighted by Crippen LogP contribution is 2.24. The lowest BCUT2D eigenvalue weighted by atomic mass is 10.1. The number of methoxy groups -OCH3 is 2. The summed E-state index contributed by atoms with van der Waals surface area (Å²) in [7, 11) is 5.42. The molecule has 0 unspecified atom stereocenters. The lowest BCUT2D eigenvalue weighted by molar-refractivity contribution is 0.309. The summed E-state index contributed by atoms with van der Waals surface area (Å²) < 4.78 is 10.6. The van der Waals surface area contributed by atoms with Gasteiger partial charge in [0.2, 0.25) is 0 Å². The highest BCUT2D eigenvalue weighted by atomic mass is 35.5. The van der Waals surface area contributed by atoms with Crippen molar-refractivity contribution in [2.45, 2.75) is 13.1 Å². The van der Waals surface area contributed by atoms with Crippen molar-refractivity contribution in [2.24, 2.45) is 0 Å². The molecule has 0 spiro atoms. The summed E-state index contributed by atoms with van der Waals surface area (Å²) in [5.41, 5.74) is 2.29. The van der Waals surface area contributed by atoms with Crippen molar-refractivity contribution < 1.29 is 9.47 Å². The molecule has 3 nitrogen and oxygen atoms in total. The number of hydrogen-bond donors (Lipinski definition) is 0. The first kappa shape index (κ1) is 15.7. The maximum Gasteiger partial charge on any atom is 0.123 e. The van der Waals surface area contributed by atoms with Crippen LogP contribution < -0.4 is 9.47 Å². The van der Waals surface area contributed by atoms with E-state index in [2.05, 4.69) is 18.0 Å². The quantitative estimate of drug-likeness (QED) is 0.805. The van der Waals surface area contributed by atoms with Gasteiger partial charge < -0.3 is 9.47 Å². The Labute approximate surface area is 131 Å². The molecule has 0 saturated heterocycles. The van der Waals surface area contributed by atoms with E-state index in [0.717, 1.165) is 35.2 Å². The predicted octanol–water partition coefficient (Wildman–Crippen LogP) is 3.99. The summed E-state index contributed by atoms with van der Waals surface area (Å²) in [4.78, 5) is 2.21. The maximum atomic E-state index is 6.07. The number of ether oxygens (including phenoxy) is 2. The first-order chi connectivity index (χ1) is 10.1. The Hall–Kier alpha value is -1.71. The van der Waals surface area contributed by atoms with E-state index >= 15 is 0 Å². The van der Waals surface area contributed by atoms with Gasteiger partial charge in [-0.3, -0.25) is 4.90 Å². The van der Waals surface area contributed by atoms with Gasteiger partial charge in [0.15, 0.2) is 0 Å². The molecule has 21 heavy (non-hydrogen) atoms. The smallest absolute Gasteiger partial charge is 0.123 e. The molecule has 0 aromatic heterocycles. The number of halogens is 1. The second kappa shape index (κ2) is 7.34. The topological polar surface area (TPSA) is 21.7 Å². The summed E-state index contributed by atoms with van der Waals surface area (Å²) in [5, 5.41) is 0.723. The maximum absolute atomic E-state index is 6.07. The van der Waals surface area contributed by atoms with E-state index in [1.165, 1.54) is 5.56 Å². The summed E-state index contributed by atoms with van der Waals surface area (Å²) in [6.07, 6.45) is 0. The van der Waals surface area contributed by atoms with Crippen LogP contribution in [0.25, 0.3) is 0 Å². The summed E-state index contributed by atoms with van der Waals surface area (Å²) in [5.74, 6) is 1.73. The van der Waals surface area contributed by atoms with Crippen LogP contribution in [0.2, 0.25) is 5.02 Å². The van der Waals surface area contributed by atoms with Gasteiger partial charge in [-0.1, -0.05) is 23.7 Å². The van der Waals surface area contributed by atoms with Crippen LogP contribution in [0.4, 0.5) is 0 Å². The first-order valence-corrected chi connectivity index (χ1v) is 7.14. The summed E-state index contributed by atoms with van der Waals surface area (Å²) in [6.45, 7) is 1.59. The SMILES string of the molecule is COc1cccc(CN(C)Cc2cc(Cl)ccc2OC)c1. The van der Waals surface area contributed by atoms with Crippen molar-refractivity contribution in [3.8, 4) is 11.5 Å². The molecule has 0 saturated carbocycles. The molecule has 0 aliphatic carbocycles. The lowest BCUT2D eigenvalue weighted by Gasteiger charge is -2.19. The van der Waals surface area contributed by atoms with Crippen LogP contribution in [-0.4, -0.2) is 26.2 Å². The fraction of sp³-hybridized carbons (Fsp3) is 0.294. The molecule has 0 amide bonds. The monoisotopic (exact) mass is 305 g/mol. The van der Waals surface area contributed by atoms with Crippen LogP contribution >= 0.6 is 11.6 Å². The molecule has 2 rings (SSSR count). The number of hydrogen-bond acceptors (Lipinski definition) is 3. The van der Waals surface area contributed by atoms with Crippen molar-refractivity contribution in [3.05, 3.63) is 58.6 Å². The fourth-order valence-corrected chi connectivity index (χ4v) is 2.49.